The van der Waals surface area contributed by atoms with Gasteiger partial charge in [0.1, 0.15) is 11.5 Å². The van der Waals surface area contributed by atoms with Gasteiger partial charge in [-0.1, -0.05) is 46.3 Å². The van der Waals surface area contributed by atoms with Crippen molar-refractivity contribution in [2.45, 2.75) is 20.4 Å². The number of rotatable bonds is 6. The minimum Gasteiger partial charge on any atom is -0.427 e. The summed E-state index contributed by atoms with van der Waals surface area (Å²) in [6, 6.07) is 21.2. The molecule has 0 saturated heterocycles. The quantitative estimate of drug-likeness (QED) is 0.359. The van der Waals surface area contributed by atoms with Gasteiger partial charge < -0.3 is 14.4 Å². The molecule has 3 rings (SSSR count). The summed E-state index contributed by atoms with van der Waals surface area (Å²) in [7, 11) is 0. The molecule has 0 atom stereocenters. The van der Waals surface area contributed by atoms with E-state index in [-0.39, 0.29) is 23.0 Å². The first-order valence-corrected chi connectivity index (χ1v) is 10.2. The van der Waals surface area contributed by atoms with E-state index in [1.165, 1.54) is 32.0 Å². The molecule has 6 nitrogen and oxygen atoms in total. The summed E-state index contributed by atoms with van der Waals surface area (Å²) >= 11 is 3.41. The number of nitrogens with zero attached hydrogens (tertiary/aromatic N) is 1. The molecule has 7 heteroatoms. The maximum absolute atomic E-state index is 13.6. The standard InChI is InChI=1S/C24H20BrNO5/c1-16(27)30-21-12-13-22(23(14-21)31-17(2)28)24(29)26(15-18-6-4-3-5-7-18)20-10-8-19(25)9-11-20/h3-14H,15H2,1-2H3. The molecule has 0 unspecified atom stereocenters. The van der Waals surface area contributed by atoms with E-state index in [1.807, 2.05) is 54.6 Å². The van der Waals surface area contributed by atoms with Crippen molar-refractivity contribution in [2.75, 3.05) is 4.90 Å². The fourth-order valence-corrected chi connectivity index (χ4v) is 3.23. The average Bonchev–Trinajstić information content (AvgIpc) is 2.72. The molecular formula is C24H20BrNO5. The molecule has 0 N–H and O–H groups in total. The van der Waals surface area contributed by atoms with Crippen LogP contribution in [-0.4, -0.2) is 17.8 Å². The monoisotopic (exact) mass is 481 g/mol. The van der Waals surface area contributed by atoms with Crippen molar-refractivity contribution in [1.82, 2.24) is 0 Å². The molecule has 0 saturated carbocycles. The highest BCUT2D eigenvalue weighted by molar-refractivity contribution is 9.10. The van der Waals surface area contributed by atoms with Crippen LogP contribution in [0.4, 0.5) is 5.69 Å². The zero-order valence-electron chi connectivity index (χ0n) is 17.0. The second-order valence-electron chi connectivity index (χ2n) is 6.70. The Morgan fingerprint density at radius 1 is 0.839 bits per heavy atom. The fourth-order valence-electron chi connectivity index (χ4n) is 2.96. The van der Waals surface area contributed by atoms with Crippen LogP contribution < -0.4 is 14.4 Å². The van der Waals surface area contributed by atoms with Crippen LogP contribution in [0.5, 0.6) is 11.5 Å². The number of benzene rings is 3. The van der Waals surface area contributed by atoms with Crippen LogP contribution >= 0.6 is 15.9 Å². The van der Waals surface area contributed by atoms with Crippen LogP contribution in [-0.2, 0) is 16.1 Å². The van der Waals surface area contributed by atoms with Crippen molar-refractivity contribution in [2.24, 2.45) is 0 Å². The number of hydrogen-bond donors (Lipinski definition) is 0. The molecule has 0 aliphatic rings. The maximum atomic E-state index is 13.6. The molecule has 3 aromatic carbocycles. The van der Waals surface area contributed by atoms with E-state index in [1.54, 1.807) is 4.90 Å². The summed E-state index contributed by atoms with van der Waals surface area (Å²) in [6.07, 6.45) is 0. The summed E-state index contributed by atoms with van der Waals surface area (Å²) in [5.41, 5.74) is 1.78. The molecule has 0 aliphatic heterocycles. The predicted octanol–water partition coefficient (Wildman–Crippen LogP) is 5.15. The van der Waals surface area contributed by atoms with Crippen LogP contribution in [0.1, 0.15) is 29.8 Å². The molecule has 0 aromatic heterocycles. The number of hydrogen-bond acceptors (Lipinski definition) is 5. The second-order valence-corrected chi connectivity index (χ2v) is 7.61. The predicted molar refractivity (Wildman–Crippen MR) is 120 cm³/mol. The summed E-state index contributed by atoms with van der Waals surface area (Å²) in [5, 5.41) is 0. The highest BCUT2D eigenvalue weighted by atomic mass is 79.9. The van der Waals surface area contributed by atoms with Gasteiger partial charge in [-0.15, -0.1) is 0 Å². The normalized spacial score (nSPS) is 10.3. The number of halogens is 1. The third-order valence-corrected chi connectivity index (χ3v) is 4.79. The van der Waals surface area contributed by atoms with Crippen LogP contribution in [0.2, 0.25) is 0 Å². The van der Waals surface area contributed by atoms with E-state index in [9.17, 15) is 14.4 Å². The molecule has 31 heavy (non-hydrogen) atoms. The van der Waals surface area contributed by atoms with E-state index in [4.69, 9.17) is 9.47 Å². The highest BCUT2D eigenvalue weighted by Crippen LogP contribution is 2.30. The van der Waals surface area contributed by atoms with Crippen molar-refractivity contribution >= 4 is 39.5 Å². The molecule has 0 aliphatic carbocycles. The van der Waals surface area contributed by atoms with Gasteiger partial charge in [-0.2, -0.15) is 0 Å². The summed E-state index contributed by atoms with van der Waals surface area (Å²) in [6.45, 7) is 2.81. The zero-order chi connectivity index (χ0) is 22.4. The van der Waals surface area contributed by atoms with Crippen molar-refractivity contribution in [1.29, 1.82) is 0 Å². The number of carbonyl (C=O) groups excluding carboxylic acids is 3. The molecule has 0 spiro atoms. The van der Waals surface area contributed by atoms with Gasteiger partial charge in [0.15, 0.2) is 0 Å². The fraction of sp³-hybridized carbons (Fsp3) is 0.125. The van der Waals surface area contributed by atoms with E-state index in [2.05, 4.69) is 15.9 Å². The van der Waals surface area contributed by atoms with Gasteiger partial charge >= 0.3 is 11.9 Å². The van der Waals surface area contributed by atoms with Crippen LogP contribution in [0, 0.1) is 0 Å². The highest BCUT2D eigenvalue weighted by Gasteiger charge is 2.23. The van der Waals surface area contributed by atoms with E-state index < -0.39 is 11.9 Å². The molecule has 3 aromatic rings. The smallest absolute Gasteiger partial charge is 0.308 e. The minimum atomic E-state index is -0.590. The van der Waals surface area contributed by atoms with Gasteiger partial charge in [0, 0.05) is 30.1 Å². The summed E-state index contributed by atoms with van der Waals surface area (Å²) in [4.78, 5) is 38.1. The van der Waals surface area contributed by atoms with Crippen molar-refractivity contribution in [3.05, 3.63) is 88.4 Å². The minimum absolute atomic E-state index is 0.0198. The van der Waals surface area contributed by atoms with Gasteiger partial charge in [-0.25, -0.2) is 0 Å². The molecule has 0 fully saturated rings. The Bertz CT molecular complexity index is 1100. The lowest BCUT2D eigenvalue weighted by atomic mass is 10.1. The first-order valence-electron chi connectivity index (χ1n) is 9.45. The van der Waals surface area contributed by atoms with E-state index in [0.717, 1.165) is 10.0 Å². The van der Waals surface area contributed by atoms with Gasteiger partial charge in [0.05, 0.1) is 12.1 Å². The largest absolute Gasteiger partial charge is 0.427 e. The lowest BCUT2D eigenvalue weighted by molar-refractivity contribution is -0.132. The first-order chi connectivity index (χ1) is 14.8. The van der Waals surface area contributed by atoms with Gasteiger partial charge in [-0.05, 0) is 42.0 Å². The van der Waals surface area contributed by atoms with Crippen LogP contribution in [0.3, 0.4) is 0 Å². The van der Waals surface area contributed by atoms with Gasteiger partial charge in [-0.3, -0.25) is 14.4 Å². The second kappa shape index (κ2) is 10.0. The number of carbonyl (C=O) groups is 3. The topological polar surface area (TPSA) is 72.9 Å². The van der Waals surface area contributed by atoms with Gasteiger partial charge in [0.2, 0.25) is 0 Å². The number of anilines is 1. The first kappa shape index (κ1) is 22.2. The van der Waals surface area contributed by atoms with Gasteiger partial charge in [0.25, 0.3) is 5.91 Å². The Balaban J connectivity index is 2.04. The summed E-state index contributed by atoms with van der Waals surface area (Å²) < 4.78 is 11.2. The Morgan fingerprint density at radius 2 is 1.48 bits per heavy atom. The lowest BCUT2D eigenvalue weighted by Gasteiger charge is -2.24. The van der Waals surface area contributed by atoms with E-state index in [0.29, 0.717) is 12.2 Å². The summed E-state index contributed by atoms with van der Waals surface area (Å²) in [5.74, 6) is -1.28. The molecule has 0 heterocycles. The Morgan fingerprint density at radius 3 is 2.10 bits per heavy atom. The Kier molecular flexibility index (Phi) is 7.20. The number of ether oxygens (including phenoxy) is 2. The Labute approximate surface area is 188 Å². The van der Waals surface area contributed by atoms with Crippen LogP contribution in [0.25, 0.3) is 0 Å². The third-order valence-electron chi connectivity index (χ3n) is 4.27. The van der Waals surface area contributed by atoms with E-state index >= 15 is 0 Å². The number of esters is 2. The van der Waals surface area contributed by atoms with Crippen molar-refractivity contribution < 1.29 is 23.9 Å². The molecule has 0 bridgehead atoms. The number of amides is 1. The Hall–Kier alpha value is -3.45. The van der Waals surface area contributed by atoms with Crippen LogP contribution in [0.15, 0.2) is 77.3 Å². The van der Waals surface area contributed by atoms with Crippen molar-refractivity contribution in [3.63, 3.8) is 0 Å². The molecule has 158 valence electrons. The molecule has 0 radical (unpaired) electrons. The zero-order valence-corrected chi connectivity index (χ0v) is 18.6. The van der Waals surface area contributed by atoms with Crippen molar-refractivity contribution in [3.8, 4) is 11.5 Å². The molecule has 1 amide bonds. The lowest BCUT2D eigenvalue weighted by Crippen LogP contribution is -2.31. The SMILES string of the molecule is CC(=O)Oc1ccc(C(=O)N(Cc2ccccc2)c2ccc(Br)cc2)c(OC(C)=O)c1. The molecular weight excluding hydrogens is 462 g/mol. The average molecular weight is 482 g/mol. The third kappa shape index (κ3) is 6.02. The maximum Gasteiger partial charge on any atom is 0.308 e.